The van der Waals surface area contributed by atoms with Crippen LogP contribution in [0.2, 0.25) is 0 Å². The summed E-state index contributed by atoms with van der Waals surface area (Å²) in [4.78, 5) is 40.3. The lowest BCUT2D eigenvalue weighted by Gasteiger charge is -2.32. The summed E-state index contributed by atoms with van der Waals surface area (Å²) in [6.45, 7) is 9.98. The van der Waals surface area contributed by atoms with E-state index in [1.54, 1.807) is 41.0 Å². The van der Waals surface area contributed by atoms with Crippen LogP contribution >= 0.6 is 0 Å². The van der Waals surface area contributed by atoms with E-state index in [1.807, 2.05) is 27.7 Å². The summed E-state index contributed by atoms with van der Waals surface area (Å²) in [6, 6.07) is 6.84. The molecule has 0 aliphatic carbocycles. The first-order valence-corrected chi connectivity index (χ1v) is 9.16. The van der Waals surface area contributed by atoms with E-state index in [0.717, 1.165) is 6.42 Å². The number of esters is 1. The first kappa shape index (κ1) is 19.9. The third-order valence-corrected chi connectivity index (χ3v) is 4.47. The number of ether oxygens (including phenoxy) is 1. The molecule has 1 atom stereocenters. The van der Waals surface area contributed by atoms with Crippen LogP contribution in [0, 0.1) is 0 Å². The highest BCUT2D eigenvalue weighted by atomic mass is 16.5. The lowest BCUT2D eigenvalue weighted by molar-refractivity contribution is -0.143. The summed E-state index contributed by atoms with van der Waals surface area (Å²) in [5.41, 5.74) is 1.02. The third-order valence-electron chi connectivity index (χ3n) is 4.47. The monoisotopic (exact) mass is 360 g/mol. The molecular formula is C20H28N2O4. The number of anilines is 1. The molecule has 6 nitrogen and oxygen atoms in total. The van der Waals surface area contributed by atoms with Gasteiger partial charge in [0.25, 0.3) is 5.91 Å². The Kier molecular flexibility index (Phi) is 6.40. The first-order valence-electron chi connectivity index (χ1n) is 9.16. The SMILES string of the molecule is CC(C)N(C(=O)[C@@H](C)OC(=O)c1cccc(N2CCCC2=O)c1)C(C)C. The van der Waals surface area contributed by atoms with Gasteiger partial charge in [0.1, 0.15) is 0 Å². The zero-order chi connectivity index (χ0) is 19.4. The molecule has 0 bridgehead atoms. The minimum Gasteiger partial charge on any atom is -0.449 e. The Labute approximate surface area is 155 Å². The van der Waals surface area contributed by atoms with Crippen LogP contribution in [0.15, 0.2) is 24.3 Å². The van der Waals surface area contributed by atoms with Gasteiger partial charge in [0.05, 0.1) is 5.56 Å². The van der Waals surface area contributed by atoms with Crippen molar-refractivity contribution >= 4 is 23.5 Å². The van der Waals surface area contributed by atoms with E-state index in [9.17, 15) is 14.4 Å². The van der Waals surface area contributed by atoms with Gasteiger partial charge < -0.3 is 14.5 Å². The molecule has 0 unspecified atom stereocenters. The molecule has 1 saturated heterocycles. The second-order valence-corrected chi connectivity index (χ2v) is 7.18. The Bertz CT molecular complexity index is 676. The number of hydrogen-bond acceptors (Lipinski definition) is 4. The van der Waals surface area contributed by atoms with Gasteiger partial charge in [-0.15, -0.1) is 0 Å². The van der Waals surface area contributed by atoms with Gasteiger partial charge in [-0.2, -0.15) is 0 Å². The second kappa shape index (κ2) is 8.34. The summed E-state index contributed by atoms with van der Waals surface area (Å²) < 4.78 is 5.39. The highest BCUT2D eigenvalue weighted by Crippen LogP contribution is 2.23. The number of rotatable bonds is 6. The van der Waals surface area contributed by atoms with Crippen LogP contribution < -0.4 is 4.90 Å². The Morgan fingerprint density at radius 3 is 2.31 bits per heavy atom. The summed E-state index contributed by atoms with van der Waals surface area (Å²) in [5, 5.41) is 0. The predicted octanol–water partition coefficient (Wildman–Crippen LogP) is 3.00. The molecule has 142 valence electrons. The molecule has 2 amide bonds. The fourth-order valence-electron chi connectivity index (χ4n) is 3.32. The second-order valence-electron chi connectivity index (χ2n) is 7.18. The van der Waals surface area contributed by atoms with Crippen LogP contribution in [0.1, 0.15) is 57.8 Å². The van der Waals surface area contributed by atoms with Crippen molar-refractivity contribution in [2.45, 2.75) is 65.6 Å². The molecule has 1 aliphatic heterocycles. The molecule has 1 aromatic rings. The van der Waals surface area contributed by atoms with E-state index in [2.05, 4.69) is 0 Å². The lowest BCUT2D eigenvalue weighted by atomic mass is 10.1. The fourth-order valence-corrected chi connectivity index (χ4v) is 3.32. The average molecular weight is 360 g/mol. The zero-order valence-corrected chi connectivity index (χ0v) is 16.2. The van der Waals surface area contributed by atoms with Gasteiger partial charge in [0.15, 0.2) is 6.10 Å². The topological polar surface area (TPSA) is 66.9 Å². The Morgan fingerprint density at radius 1 is 1.12 bits per heavy atom. The molecule has 6 heteroatoms. The van der Waals surface area contributed by atoms with E-state index in [1.165, 1.54) is 0 Å². The highest BCUT2D eigenvalue weighted by molar-refractivity contribution is 5.98. The molecule has 2 rings (SSSR count). The van der Waals surface area contributed by atoms with Gasteiger partial charge in [0.2, 0.25) is 5.91 Å². The van der Waals surface area contributed by atoms with Gasteiger partial charge in [-0.05, 0) is 59.2 Å². The highest BCUT2D eigenvalue weighted by Gasteiger charge is 2.28. The minimum absolute atomic E-state index is 0.0214. The van der Waals surface area contributed by atoms with Crippen molar-refractivity contribution in [2.24, 2.45) is 0 Å². The molecule has 1 aromatic carbocycles. The number of carbonyl (C=O) groups excluding carboxylic acids is 3. The smallest absolute Gasteiger partial charge is 0.338 e. The maximum atomic E-state index is 12.6. The zero-order valence-electron chi connectivity index (χ0n) is 16.2. The van der Waals surface area contributed by atoms with Crippen molar-refractivity contribution in [3.05, 3.63) is 29.8 Å². The quantitative estimate of drug-likeness (QED) is 0.732. The van der Waals surface area contributed by atoms with Crippen LogP contribution in [0.4, 0.5) is 5.69 Å². The van der Waals surface area contributed by atoms with Gasteiger partial charge in [-0.25, -0.2) is 4.79 Å². The maximum Gasteiger partial charge on any atom is 0.338 e. The molecule has 1 aliphatic rings. The van der Waals surface area contributed by atoms with Crippen molar-refractivity contribution in [3.8, 4) is 0 Å². The number of carbonyl (C=O) groups is 3. The molecule has 0 saturated carbocycles. The van der Waals surface area contributed by atoms with Crippen molar-refractivity contribution in [1.82, 2.24) is 4.90 Å². The summed E-state index contributed by atoms with van der Waals surface area (Å²) in [6.07, 6.45) is 0.476. The van der Waals surface area contributed by atoms with Crippen LogP contribution in [0.5, 0.6) is 0 Å². The lowest BCUT2D eigenvalue weighted by Crippen LogP contribution is -2.47. The minimum atomic E-state index is -0.871. The van der Waals surface area contributed by atoms with E-state index < -0.39 is 12.1 Å². The number of nitrogens with zero attached hydrogens (tertiary/aromatic N) is 2. The largest absolute Gasteiger partial charge is 0.449 e. The number of amides is 2. The van der Waals surface area contributed by atoms with E-state index in [-0.39, 0.29) is 23.9 Å². The maximum absolute atomic E-state index is 12.6. The normalized spacial score (nSPS) is 15.5. The van der Waals surface area contributed by atoms with E-state index >= 15 is 0 Å². The van der Waals surface area contributed by atoms with Crippen LogP contribution in [-0.4, -0.2) is 47.4 Å². The fraction of sp³-hybridized carbons (Fsp3) is 0.550. The van der Waals surface area contributed by atoms with Crippen molar-refractivity contribution in [3.63, 3.8) is 0 Å². The third kappa shape index (κ3) is 4.42. The van der Waals surface area contributed by atoms with Crippen molar-refractivity contribution in [1.29, 1.82) is 0 Å². The summed E-state index contributed by atoms with van der Waals surface area (Å²) in [7, 11) is 0. The van der Waals surface area contributed by atoms with Gasteiger partial charge >= 0.3 is 5.97 Å². The van der Waals surface area contributed by atoms with Crippen LogP contribution in [-0.2, 0) is 14.3 Å². The molecule has 26 heavy (non-hydrogen) atoms. The Hall–Kier alpha value is -2.37. The van der Waals surface area contributed by atoms with Gasteiger partial charge in [-0.3, -0.25) is 9.59 Å². The average Bonchev–Trinajstić information content (AvgIpc) is 3.00. The molecule has 0 radical (unpaired) electrons. The van der Waals surface area contributed by atoms with Crippen molar-refractivity contribution < 1.29 is 19.1 Å². The van der Waals surface area contributed by atoms with Gasteiger partial charge in [-0.1, -0.05) is 6.07 Å². The molecule has 0 spiro atoms. The summed E-state index contributed by atoms with van der Waals surface area (Å²) in [5.74, 6) is -0.718. The van der Waals surface area contributed by atoms with Crippen molar-refractivity contribution in [2.75, 3.05) is 11.4 Å². The van der Waals surface area contributed by atoms with Crippen LogP contribution in [0.3, 0.4) is 0 Å². The molecule has 0 aromatic heterocycles. The standard InChI is InChI=1S/C20H28N2O4/c1-13(2)22(14(3)4)19(24)15(5)26-20(25)16-8-6-9-17(12-16)21-11-7-10-18(21)23/h6,8-9,12-15H,7,10-11H2,1-5H3/t15-/m1/s1. The number of hydrogen-bond donors (Lipinski definition) is 0. The predicted molar refractivity (Wildman–Crippen MR) is 100 cm³/mol. The molecule has 1 fully saturated rings. The molecular weight excluding hydrogens is 332 g/mol. The summed E-state index contributed by atoms with van der Waals surface area (Å²) >= 11 is 0. The van der Waals surface area contributed by atoms with E-state index in [0.29, 0.717) is 24.2 Å². The van der Waals surface area contributed by atoms with Gasteiger partial charge in [0, 0.05) is 30.7 Å². The Morgan fingerprint density at radius 2 is 1.77 bits per heavy atom. The number of benzene rings is 1. The Balaban J connectivity index is 2.09. The molecule has 0 N–H and O–H groups in total. The molecule has 1 heterocycles. The van der Waals surface area contributed by atoms with E-state index in [4.69, 9.17) is 4.74 Å². The van der Waals surface area contributed by atoms with Crippen LogP contribution in [0.25, 0.3) is 0 Å². The first-order chi connectivity index (χ1) is 12.2.